The maximum absolute atomic E-state index is 13.5. The molecule has 6 rings (SSSR count). The van der Waals surface area contributed by atoms with Crippen LogP contribution in [-0.2, 0) is 12.6 Å². The molecule has 0 atom stereocenters. The Bertz CT molecular complexity index is 1420. The zero-order valence-corrected chi connectivity index (χ0v) is 22.3. The molecular weight excluding hydrogens is 547 g/mol. The van der Waals surface area contributed by atoms with Crippen molar-refractivity contribution in [1.29, 1.82) is 0 Å². The number of rotatable bonds is 7. The Balaban J connectivity index is 1.09. The number of alkyl halides is 3. The number of halogens is 4. The molecule has 0 radical (unpaired) electrons. The molecule has 1 aliphatic carbocycles. The number of anilines is 1. The van der Waals surface area contributed by atoms with Crippen LogP contribution in [0.3, 0.4) is 0 Å². The molecule has 13 heteroatoms. The van der Waals surface area contributed by atoms with Gasteiger partial charge in [0.1, 0.15) is 0 Å². The number of aromatic nitrogens is 4. The molecule has 3 fully saturated rings. The van der Waals surface area contributed by atoms with E-state index in [2.05, 4.69) is 30.8 Å². The third kappa shape index (κ3) is 5.46. The van der Waals surface area contributed by atoms with E-state index in [-0.39, 0.29) is 34.7 Å². The average molecular weight is 576 g/mol. The Hall–Kier alpha value is -3.38. The first-order valence-corrected chi connectivity index (χ1v) is 13.8. The van der Waals surface area contributed by atoms with Crippen LogP contribution in [0.1, 0.15) is 75.2 Å². The zero-order chi connectivity index (χ0) is 28.0. The molecule has 2 aromatic heterocycles. The van der Waals surface area contributed by atoms with E-state index in [0.29, 0.717) is 47.6 Å². The van der Waals surface area contributed by atoms with Gasteiger partial charge in [-0.2, -0.15) is 18.3 Å². The number of H-pyrrole nitrogens is 2. The Morgan fingerprint density at radius 3 is 2.48 bits per heavy atom. The van der Waals surface area contributed by atoms with E-state index in [1.54, 1.807) is 12.1 Å². The van der Waals surface area contributed by atoms with Crippen LogP contribution < -0.4 is 10.6 Å². The zero-order valence-electron chi connectivity index (χ0n) is 21.6. The van der Waals surface area contributed by atoms with Gasteiger partial charge in [-0.1, -0.05) is 11.6 Å². The van der Waals surface area contributed by atoms with Crippen LogP contribution in [0.25, 0.3) is 0 Å². The number of nitrogens with one attached hydrogen (secondary N) is 4. The molecule has 3 aromatic rings. The molecular formula is C27H29ClF3N7O2. The number of hydrogen-bond acceptors (Lipinski definition) is 5. The minimum atomic E-state index is -4.59. The summed E-state index contributed by atoms with van der Waals surface area (Å²) in [7, 11) is 0. The number of likely N-dealkylation sites (tertiary alicyclic amines) is 1. The summed E-state index contributed by atoms with van der Waals surface area (Å²) in [6.45, 7) is 3.51. The maximum atomic E-state index is 13.5. The lowest BCUT2D eigenvalue weighted by atomic mass is 9.81. The van der Waals surface area contributed by atoms with Gasteiger partial charge in [-0.15, -0.1) is 0 Å². The van der Waals surface area contributed by atoms with Gasteiger partial charge >= 0.3 is 6.18 Å². The smallest absolute Gasteiger partial charge is 0.339 e. The minimum Gasteiger partial charge on any atom is -0.339 e. The normalized spacial score (nSPS) is 18.6. The van der Waals surface area contributed by atoms with Crippen molar-refractivity contribution in [3.05, 3.63) is 63.5 Å². The predicted molar refractivity (Wildman–Crippen MR) is 141 cm³/mol. The monoisotopic (exact) mass is 575 g/mol. The highest BCUT2D eigenvalue weighted by atomic mass is 35.5. The SMILES string of the molecule is O=C(Nc1ccc(C(=O)N2CCC(C3CNC3)CC2)c(Cl)c1)c1ncc(Cc2c(C(F)(F)F)n[nH]c2C2CC2)[nH]1. The van der Waals surface area contributed by atoms with Gasteiger partial charge in [0.05, 0.1) is 10.6 Å². The van der Waals surface area contributed by atoms with Gasteiger partial charge in [0.15, 0.2) is 11.5 Å². The van der Waals surface area contributed by atoms with Crippen LogP contribution >= 0.6 is 11.6 Å². The molecule has 1 aromatic carbocycles. The number of carbonyl (C=O) groups is 2. The Labute approximate surface area is 233 Å². The lowest BCUT2D eigenvalue weighted by Crippen LogP contribution is -2.49. The highest BCUT2D eigenvalue weighted by molar-refractivity contribution is 6.34. The van der Waals surface area contributed by atoms with Crippen LogP contribution in [0.5, 0.6) is 0 Å². The van der Waals surface area contributed by atoms with Crippen LogP contribution in [0.15, 0.2) is 24.4 Å². The van der Waals surface area contributed by atoms with Crippen molar-refractivity contribution in [2.45, 2.75) is 44.2 Å². The van der Waals surface area contributed by atoms with Crippen LogP contribution in [0.4, 0.5) is 18.9 Å². The standard InChI is InChI=1S/C27H29ClF3N7O2/c28-21-10-17(3-4-19(21)26(40)38-7-5-14(6-8-38)16-11-32-12-16)35-25(39)24-33-13-18(34-24)9-20-22(15-1-2-15)36-37-23(20)27(29,30)31/h3-4,10,13-16,32H,1-2,5-9,11-12H2,(H,33,34)(H,35,39)(H,36,37). The molecule has 2 saturated heterocycles. The van der Waals surface area contributed by atoms with Gasteiger partial charge in [0.2, 0.25) is 0 Å². The van der Waals surface area contributed by atoms with Gasteiger partial charge in [0.25, 0.3) is 11.8 Å². The lowest BCUT2D eigenvalue weighted by Gasteiger charge is -2.40. The van der Waals surface area contributed by atoms with Gasteiger partial charge in [-0.25, -0.2) is 4.98 Å². The summed E-state index contributed by atoms with van der Waals surface area (Å²) >= 11 is 6.43. The summed E-state index contributed by atoms with van der Waals surface area (Å²) in [5, 5.41) is 12.3. The number of carbonyl (C=O) groups excluding carboxylic acids is 2. The third-order valence-corrected chi connectivity index (χ3v) is 8.44. The fraction of sp³-hybridized carbons (Fsp3) is 0.481. The van der Waals surface area contributed by atoms with Gasteiger partial charge in [0, 0.05) is 54.3 Å². The van der Waals surface area contributed by atoms with Gasteiger partial charge < -0.3 is 20.5 Å². The van der Waals surface area contributed by atoms with E-state index in [4.69, 9.17) is 11.6 Å². The van der Waals surface area contributed by atoms with Gasteiger partial charge in [-0.05, 0) is 68.8 Å². The largest absolute Gasteiger partial charge is 0.435 e. The Morgan fingerprint density at radius 2 is 1.85 bits per heavy atom. The average Bonchev–Trinajstić information content (AvgIpc) is 3.45. The van der Waals surface area contributed by atoms with Crippen LogP contribution in [-0.4, -0.2) is 63.1 Å². The highest BCUT2D eigenvalue weighted by Gasteiger charge is 2.40. The number of benzene rings is 1. The molecule has 0 unspecified atom stereocenters. The lowest BCUT2D eigenvalue weighted by molar-refractivity contribution is -0.141. The second-order valence-electron chi connectivity index (χ2n) is 10.9. The molecule has 9 nitrogen and oxygen atoms in total. The second kappa shape index (κ2) is 10.5. The molecule has 2 amide bonds. The van der Waals surface area contributed by atoms with E-state index < -0.39 is 17.8 Å². The topological polar surface area (TPSA) is 119 Å². The van der Waals surface area contributed by atoms with Crippen molar-refractivity contribution >= 4 is 29.1 Å². The van der Waals surface area contributed by atoms with Crippen LogP contribution in [0, 0.1) is 11.8 Å². The van der Waals surface area contributed by atoms with Crippen molar-refractivity contribution < 1.29 is 22.8 Å². The number of piperidine rings is 1. The fourth-order valence-electron chi connectivity index (χ4n) is 5.60. The molecule has 4 N–H and O–H groups in total. The predicted octanol–water partition coefficient (Wildman–Crippen LogP) is 4.60. The number of hydrogen-bond donors (Lipinski definition) is 4. The van der Waals surface area contributed by atoms with Crippen molar-refractivity contribution in [3.63, 3.8) is 0 Å². The Kier molecular flexibility index (Phi) is 7.07. The molecule has 4 heterocycles. The molecule has 40 heavy (non-hydrogen) atoms. The van der Waals surface area contributed by atoms with Crippen molar-refractivity contribution in [1.82, 2.24) is 30.4 Å². The summed E-state index contributed by atoms with van der Waals surface area (Å²) in [5.74, 6) is 0.622. The van der Waals surface area contributed by atoms with Crippen LogP contribution in [0.2, 0.25) is 5.02 Å². The fourth-order valence-corrected chi connectivity index (χ4v) is 5.86. The number of imidazole rings is 1. The van der Waals surface area contributed by atoms with Crippen molar-refractivity contribution in [2.75, 3.05) is 31.5 Å². The van der Waals surface area contributed by atoms with Crippen molar-refractivity contribution in [3.8, 4) is 0 Å². The van der Waals surface area contributed by atoms with E-state index in [0.717, 1.165) is 38.8 Å². The molecule has 1 saturated carbocycles. The van der Waals surface area contributed by atoms with E-state index in [1.165, 1.54) is 12.3 Å². The maximum Gasteiger partial charge on any atom is 0.435 e. The number of nitrogens with zero attached hydrogens (tertiary/aromatic N) is 3. The number of aromatic amines is 2. The quantitative estimate of drug-likeness (QED) is 0.328. The second-order valence-corrected chi connectivity index (χ2v) is 11.3. The van der Waals surface area contributed by atoms with Gasteiger partial charge in [-0.3, -0.25) is 14.7 Å². The Morgan fingerprint density at radius 1 is 1.10 bits per heavy atom. The summed E-state index contributed by atoms with van der Waals surface area (Å²) < 4.78 is 40.5. The molecule has 0 bridgehead atoms. The first kappa shape index (κ1) is 26.8. The first-order chi connectivity index (χ1) is 19.2. The molecule has 3 aliphatic rings. The summed E-state index contributed by atoms with van der Waals surface area (Å²) in [6.07, 6.45) is 0.257. The third-order valence-electron chi connectivity index (χ3n) is 8.13. The summed E-state index contributed by atoms with van der Waals surface area (Å²) in [6, 6.07) is 4.69. The minimum absolute atomic E-state index is 0.0422. The molecule has 0 spiro atoms. The number of amides is 2. The van der Waals surface area contributed by atoms with E-state index >= 15 is 0 Å². The highest BCUT2D eigenvalue weighted by Crippen LogP contribution is 2.44. The summed E-state index contributed by atoms with van der Waals surface area (Å²) in [4.78, 5) is 34.6. The van der Waals surface area contributed by atoms with E-state index in [1.807, 2.05) is 4.90 Å². The van der Waals surface area contributed by atoms with Crippen molar-refractivity contribution in [2.24, 2.45) is 11.8 Å². The summed E-state index contributed by atoms with van der Waals surface area (Å²) in [5.41, 5.74) is 0.704. The van der Waals surface area contributed by atoms with E-state index in [9.17, 15) is 22.8 Å². The molecule has 212 valence electrons. The first-order valence-electron chi connectivity index (χ1n) is 13.5. The molecule has 2 aliphatic heterocycles.